The molecule has 0 heterocycles. The van der Waals surface area contributed by atoms with Crippen LogP contribution in [0.1, 0.15) is 147 Å². The minimum atomic E-state index is -1.81. The Labute approximate surface area is 513 Å². The smallest absolute Gasteiger partial charge is 0.326 e. The Hall–Kier alpha value is -8.23. The predicted octanol–water partition coefficient (Wildman–Crippen LogP) is -5.44. The SMILES string of the molecule is CC[C@H](C)[C@H](NC(=O)[C@H](CCC(N)=O)NC(=O)[C@@H](NC(=O)[C@H](CC(C)C)NC(=O)[C@H](CC(C)C)NC(=O)[C@H](CC(N)=O)NC(=O)[C@H](CCCN=C(N)N)NC(=O)CNC(=O)[C@@H](NC(=O)[C@@H](NC(=O)[C@@H](N)CC(N)=O)[C@@H](C)CC)[C@@H](C)CC)[C@@H](C)O)C(=O)O. The van der Waals surface area contributed by atoms with Crippen LogP contribution < -0.4 is 87.6 Å². The second-order valence-electron chi connectivity index (χ2n) is 22.9. The molecule has 0 aromatic rings. The van der Waals surface area contributed by atoms with E-state index in [0.717, 1.165) is 6.92 Å². The summed E-state index contributed by atoms with van der Waals surface area (Å²) in [6.45, 7) is 17.2. The van der Waals surface area contributed by atoms with E-state index in [2.05, 4.69) is 58.2 Å². The van der Waals surface area contributed by atoms with Crippen LogP contribution in [0.25, 0.3) is 0 Å². The number of amides is 13. The molecule has 0 fully saturated rings. The molecule has 0 radical (unpaired) electrons. The molecule has 13 amide bonds. The monoisotopic (exact) mass is 1250 g/mol. The lowest BCUT2D eigenvalue weighted by Crippen LogP contribution is -2.62. The minimum absolute atomic E-state index is 0.0448. The Kier molecular flexibility index (Phi) is 36.5. The summed E-state index contributed by atoms with van der Waals surface area (Å²) < 4.78 is 0. The van der Waals surface area contributed by atoms with Crippen molar-refractivity contribution in [3.05, 3.63) is 0 Å². The zero-order valence-corrected chi connectivity index (χ0v) is 52.5. The molecule has 0 saturated carbocycles. The average Bonchev–Trinajstić information content (AvgIpc) is 3.43. The van der Waals surface area contributed by atoms with E-state index >= 15 is 0 Å². The summed E-state index contributed by atoms with van der Waals surface area (Å²) in [5.41, 5.74) is 32.8. The first-order chi connectivity index (χ1) is 40.9. The number of aliphatic imine (C=N–C) groups is 1. The molecule has 500 valence electrons. The van der Waals surface area contributed by atoms with Crippen LogP contribution in [0.15, 0.2) is 4.99 Å². The number of nitrogens with two attached hydrogens (primary N) is 6. The van der Waals surface area contributed by atoms with Crippen molar-refractivity contribution in [1.82, 2.24) is 53.2 Å². The maximum Gasteiger partial charge on any atom is 0.326 e. The number of carbonyl (C=O) groups is 14. The Morgan fingerprint density at radius 3 is 1.27 bits per heavy atom. The lowest BCUT2D eigenvalue weighted by molar-refractivity contribution is -0.144. The third-order valence-electron chi connectivity index (χ3n) is 14.2. The molecule has 0 aromatic heterocycles. The van der Waals surface area contributed by atoms with Crippen LogP contribution >= 0.6 is 0 Å². The van der Waals surface area contributed by atoms with Crippen LogP contribution in [0.2, 0.25) is 0 Å². The van der Waals surface area contributed by atoms with E-state index < -0.39 is 199 Å². The van der Waals surface area contributed by atoms with E-state index in [1.807, 2.05) is 0 Å². The molecule has 0 aliphatic carbocycles. The number of carbonyl (C=O) groups excluding carboxylic acids is 13. The summed E-state index contributed by atoms with van der Waals surface area (Å²) in [4.78, 5) is 189. The predicted molar refractivity (Wildman–Crippen MR) is 321 cm³/mol. The van der Waals surface area contributed by atoms with E-state index in [-0.39, 0.29) is 50.0 Å². The summed E-state index contributed by atoms with van der Waals surface area (Å²) in [5.74, 6) is -16.3. The van der Waals surface area contributed by atoms with Crippen LogP contribution in [-0.4, -0.2) is 179 Å². The van der Waals surface area contributed by atoms with E-state index in [1.54, 1.807) is 69.2 Å². The molecule has 0 aromatic carbocycles. The first-order valence-corrected chi connectivity index (χ1v) is 29.5. The van der Waals surface area contributed by atoms with Crippen molar-refractivity contribution in [3.8, 4) is 0 Å². The molecule has 33 heteroatoms. The fourth-order valence-corrected chi connectivity index (χ4v) is 8.56. The van der Waals surface area contributed by atoms with Crippen molar-refractivity contribution in [2.45, 2.75) is 213 Å². The topological polar surface area (TPSA) is 568 Å². The van der Waals surface area contributed by atoms with Gasteiger partial charge in [-0.3, -0.25) is 67.3 Å². The molecule has 0 saturated heterocycles. The van der Waals surface area contributed by atoms with E-state index in [1.165, 1.54) is 0 Å². The molecule has 0 spiro atoms. The number of primary amides is 3. The molecule has 0 aliphatic heterocycles. The number of nitrogens with one attached hydrogen (secondary N) is 10. The number of hydrogen-bond donors (Lipinski definition) is 18. The van der Waals surface area contributed by atoms with Gasteiger partial charge in [-0.1, -0.05) is 88.5 Å². The first-order valence-electron chi connectivity index (χ1n) is 29.5. The number of carboxylic acids is 1. The van der Waals surface area contributed by atoms with Crippen molar-refractivity contribution in [2.75, 3.05) is 13.1 Å². The van der Waals surface area contributed by atoms with Crippen molar-refractivity contribution in [1.29, 1.82) is 0 Å². The number of rotatable bonds is 43. The highest BCUT2D eigenvalue weighted by atomic mass is 16.4. The molecule has 0 unspecified atom stereocenters. The Bertz CT molecular complexity index is 2440. The lowest BCUT2D eigenvalue weighted by atomic mass is 9.94. The van der Waals surface area contributed by atoms with E-state index in [4.69, 9.17) is 34.4 Å². The van der Waals surface area contributed by atoms with E-state index in [9.17, 15) is 77.3 Å². The Morgan fingerprint density at radius 1 is 0.432 bits per heavy atom. The average molecular weight is 1250 g/mol. The molecule has 24 N–H and O–H groups in total. The summed E-state index contributed by atoms with van der Waals surface area (Å²) in [6.07, 6.45) is -3.05. The van der Waals surface area contributed by atoms with Crippen LogP contribution in [0.3, 0.4) is 0 Å². The van der Waals surface area contributed by atoms with Gasteiger partial charge in [0.05, 0.1) is 31.5 Å². The molecule has 14 atom stereocenters. The Morgan fingerprint density at radius 2 is 0.818 bits per heavy atom. The molecule has 0 rings (SSSR count). The van der Waals surface area contributed by atoms with E-state index in [0.29, 0.717) is 19.3 Å². The zero-order valence-electron chi connectivity index (χ0n) is 52.5. The van der Waals surface area contributed by atoms with Crippen molar-refractivity contribution in [2.24, 2.45) is 69.0 Å². The molecular weight excluding hydrogens is 1150 g/mol. The first kappa shape index (κ1) is 79.8. The van der Waals surface area contributed by atoms with Crippen LogP contribution in [0, 0.1) is 29.6 Å². The molecule has 33 nitrogen and oxygen atoms in total. The van der Waals surface area contributed by atoms with Gasteiger partial charge in [0.1, 0.15) is 54.4 Å². The van der Waals surface area contributed by atoms with Gasteiger partial charge < -0.3 is 97.8 Å². The quantitative estimate of drug-likeness (QED) is 0.0154. The van der Waals surface area contributed by atoms with Gasteiger partial charge in [0.25, 0.3) is 0 Å². The van der Waals surface area contributed by atoms with Gasteiger partial charge in [-0.15, -0.1) is 0 Å². The summed E-state index contributed by atoms with van der Waals surface area (Å²) >= 11 is 0. The maximum atomic E-state index is 14.2. The highest BCUT2D eigenvalue weighted by Gasteiger charge is 2.38. The van der Waals surface area contributed by atoms with Crippen molar-refractivity contribution in [3.63, 3.8) is 0 Å². The number of hydrogen-bond acceptors (Lipinski definition) is 17. The summed E-state index contributed by atoms with van der Waals surface area (Å²) in [6, 6.07) is -14.9. The number of aliphatic hydroxyl groups excluding tert-OH is 1. The maximum absolute atomic E-state index is 14.2. The summed E-state index contributed by atoms with van der Waals surface area (Å²) in [7, 11) is 0. The van der Waals surface area contributed by atoms with Gasteiger partial charge in [0.15, 0.2) is 5.96 Å². The normalized spacial score (nSPS) is 15.9. The number of guanidine groups is 1. The van der Waals surface area contributed by atoms with Gasteiger partial charge in [0.2, 0.25) is 76.8 Å². The number of carboxylic acid groups (broad SMARTS) is 1. The number of aliphatic hydroxyl groups is 1. The number of nitrogens with zero attached hydrogens (tertiary/aromatic N) is 1. The highest BCUT2D eigenvalue weighted by molar-refractivity contribution is 6.00. The van der Waals surface area contributed by atoms with Gasteiger partial charge in [-0.05, 0) is 68.6 Å². The minimum Gasteiger partial charge on any atom is -0.480 e. The third kappa shape index (κ3) is 30.4. The molecule has 88 heavy (non-hydrogen) atoms. The Balaban J connectivity index is 6.79. The zero-order chi connectivity index (χ0) is 67.9. The second-order valence-corrected chi connectivity index (χ2v) is 22.9. The van der Waals surface area contributed by atoms with Gasteiger partial charge >= 0.3 is 5.97 Å². The van der Waals surface area contributed by atoms with Crippen LogP contribution in [0.5, 0.6) is 0 Å². The largest absolute Gasteiger partial charge is 0.480 e. The van der Waals surface area contributed by atoms with Crippen molar-refractivity contribution >= 4 is 88.7 Å². The molecular formula is C55H99N17O16. The molecule has 0 aliphatic rings. The third-order valence-corrected chi connectivity index (χ3v) is 14.2. The fraction of sp³-hybridized carbons (Fsp3) is 0.727. The standard InChI is InChI=1S/C55H99N17O16/c1-12-27(8)41(70-52(85)42(28(9)13-2)69-45(78)31(56)22-38(58)75)51(84)63-24-40(77)64-32(16-15-19-62-55(60)61)46(79)68-36(23-39(59)76)49(82)66-34(20-25(4)5)48(81)67-35(21-26(6)7)50(83)72-44(30(11)73)53(86)65-33(17-18-37(57)74)47(80)71-43(54(87)88)29(10)14-3/h25-36,41-44,73H,12-24,56H2,1-11H3,(H2,57,74)(H2,58,75)(H2,59,76)(H,63,84)(H,64,77)(H,65,86)(H,66,82)(H,67,81)(H,68,79)(H,69,78)(H,70,85)(H,71,80)(H,72,83)(H,87,88)(H4,60,61,62)/t27-,28-,29-,30+,31-,32-,33-,34-,35-,36-,41-,42-,43-,44-/m0/s1. The summed E-state index contributed by atoms with van der Waals surface area (Å²) in [5, 5.41) is 45.1. The van der Waals surface area contributed by atoms with Crippen molar-refractivity contribution < 1.29 is 77.3 Å². The lowest BCUT2D eigenvalue weighted by Gasteiger charge is -2.29. The second kappa shape index (κ2) is 40.3. The van der Waals surface area contributed by atoms with Gasteiger partial charge in [0, 0.05) is 13.0 Å². The fourth-order valence-electron chi connectivity index (χ4n) is 8.56. The van der Waals surface area contributed by atoms with Crippen LogP contribution in [-0.2, 0) is 67.1 Å². The number of aliphatic carboxylic acids is 1. The molecule has 0 bridgehead atoms. The van der Waals surface area contributed by atoms with Gasteiger partial charge in [-0.2, -0.15) is 0 Å². The highest BCUT2D eigenvalue weighted by Crippen LogP contribution is 2.15. The van der Waals surface area contributed by atoms with Crippen LogP contribution in [0.4, 0.5) is 0 Å². The van der Waals surface area contributed by atoms with Gasteiger partial charge in [-0.25, -0.2) is 4.79 Å².